The van der Waals surface area contributed by atoms with E-state index >= 15 is 0 Å². The van der Waals surface area contributed by atoms with Crippen LogP contribution in [-0.4, -0.2) is 16.5 Å². The smallest absolute Gasteiger partial charge is 0.163 e. The molecule has 1 heterocycles. The van der Waals surface area contributed by atoms with Crippen molar-refractivity contribution in [3.8, 4) is 11.4 Å². The van der Waals surface area contributed by atoms with Gasteiger partial charge in [0, 0.05) is 18.2 Å². The number of rotatable bonds is 5. The molecule has 4 nitrogen and oxygen atoms in total. The predicted octanol–water partition coefficient (Wildman–Crippen LogP) is 3.18. The Morgan fingerprint density at radius 2 is 1.89 bits per heavy atom. The van der Waals surface area contributed by atoms with Gasteiger partial charge in [0.1, 0.15) is 11.6 Å². The summed E-state index contributed by atoms with van der Waals surface area (Å²) in [6.07, 6.45) is 1.10. The zero-order valence-electron chi connectivity index (χ0n) is 11.4. The van der Waals surface area contributed by atoms with Gasteiger partial charge >= 0.3 is 0 Å². The van der Waals surface area contributed by atoms with Crippen LogP contribution < -0.4 is 11.1 Å². The van der Waals surface area contributed by atoms with Gasteiger partial charge in [0.25, 0.3) is 0 Å². The molecular weight excluding hydrogens is 236 g/mol. The number of nitrogens with zero attached hydrogens (tertiary/aromatic N) is 2. The first-order valence-corrected chi connectivity index (χ1v) is 6.59. The Balaban J connectivity index is 2.16. The number of hydrogen-bond acceptors (Lipinski definition) is 4. The van der Waals surface area contributed by atoms with Gasteiger partial charge in [0.15, 0.2) is 5.82 Å². The van der Waals surface area contributed by atoms with Crippen LogP contribution in [0, 0.1) is 5.92 Å². The van der Waals surface area contributed by atoms with E-state index in [4.69, 9.17) is 5.73 Å². The lowest BCUT2D eigenvalue weighted by atomic mass is 10.1. The quantitative estimate of drug-likeness (QED) is 0.862. The molecule has 0 amide bonds. The molecule has 4 heteroatoms. The molecule has 3 N–H and O–H groups in total. The lowest BCUT2D eigenvalue weighted by molar-refractivity contribution is 0.606. The molecule has 0 radical (unpaired) electrons. The van der Waals surface area contributed by atoms with Crippen LogP contribution in [0.15, 0.2) is 36.4 Å². The first kappa shape index (κ1) is 13.3. The van der Waals surface area contributed by atoms with Crippen LogP contribution in [0.25, 0.3) is 11.4 Å². The lowest BCUT2D eigenvalue weighted by Crippen LogP contribution is -2.08. The summed E-state index contributed by atoms with van der Waals surface area (Å²) in [6, 6.07) is 11.6. The van der Waals surface area contributed by atoms with Crippen molar-refractivity contribution >= 4 is 11.6 Å². The fraction of sp³-hybridized carbons (Fsp3) is 0.333. The van der Waals surface area contributed by atoms with E-state index in [-0.39, 0.29) is 0 Å². The Labute approximate surface area is 114 Å². The normalized spacial score (nSPS) is 10.7. The molecule has 2 aromatic rings. The molecule has 19 heavy (non-hydrogen) atoms. The van der Waals surface area contributed by atoms with Crippen molar-refractivity contribution in [2.45, 2.75) is 20.3 Å². The molecule has 0 aliphatic rings. The maximum absolute atomic E-state index is 5.84. The fourth-order valence-electron chi connectivity index (χ4n) is 1.76. The van der Waals surface area contributed by atoms with E-state index in [9.17, 15) is 0 Å². The van der Waals surface area contributed by atoms with Gasteiger partial charge in [0.2, 0.25) is 0 Å². The van der Waals surface area contributed by atoms with Crippen LogP contribution in [0.3, 0.4) is 0 Å². The van der Waals surface area contributed by atoms with E-state index in [0.29, 0.717) is 17.6 Å². The summed E-state index contributed by atoms with van der Waals surface area (Å²) in [4.78, 5) is 8.77. The minimum atomic E-state index is 0.487. The third-order valence-corrected chi connectivity index (χ3v) is 2.81. The van der Waals surface area contributed by atoms with Crippen LogP contribution >= 0.6 is 0 Å². The number of hydrogen-bond donors (Lipinski definition) is 2. The van der Waals surface area contributed by atoms with E-state index in [1.54, 1.807) is 6.07 Å². The molecule has 1 aromatic carbocycles. The number of anilines is 2. The standard InChI is InChI=1S/C15H20N4/c1-11(2)8-9-17-14-10-13(16)18-15(19-14)12-6-4-3-5-7-12/h3-7,10-11H,8-9H2,1-2H3,(H3,16,17,18,19). The van der Waals surface area contributed by atoms with Crippen molar-refractivity contribution in [2.75, 3.05) is 17.6 Å². The second-order valence-corrected chi connectivity index (χ2v) is 4.98. The number of benzene rings is 1. The van der Waals surface area contributed by atoms with Crippen molar-refractivity contribution in [3.05, 3.63) is 36.4 Å². The second-order valence-electron chi connectivity index (χ2n) is 4.98. The Bertz CT molecular complexity index is 523. The van der Waals surface area contributed by atoms with Gasteiger partial charge in [-0.2, -0.15) is 0 Å². The first-order chi connectivity index (χ1) is 9.15. The molecule has 1 aromatic heterocycles. The highest BCUT2D eigenvalue weighted by atomic mass is 15.0. The van der Waals surface area contributed by atoms with E-state index in [0.717, 1.165) is 24.3 Å². The summed E-state index contributed by atoms with van der Waals surface area (Å²) in [5, 5.41) is 3.30. The molecule has 0 saturated carbocycles. The van der Waals surface area contributed by atoms with Gasteiger partial charge in [-0.3, -0.25) is 0 Å². The third kappa shape index (κ3) is 3.95. The summed E-state index contributed by atoms with van der Waals surface area (Å²) in [5.41, 5.74) is 6.81. The lowest BCUT2D eigenvalue weighted by Gasteiger charge is -2.09. The van der Waals surface area contributed by atoms with Crippen LogP contribution in [0.5, 0.6) is 0 Å². The number of aromatic nitrogens is 2. The molecule has 2 rings (SSSR count). The molecule has 0 spiro atoms. The second kappa shape index (κ2) is 6.18. The molecule has 0 bridgehead atoms. The largest absolute Gasteiger partial charge is 0.384 e. The van der Waals surface area contributed by atoms with Crippen LogP contribution in [0.2, 0.25) is 0 Å². The van der Waals surface area contributed by atoms with Gasteiger partial charge < -0.3 is 11.1 Å². The minimum Gasteiger partial charge on any atom is -0.384 e. The highest BCUT2D eigenvalue weighted by Gasteiger charge is 2.05. The SMILES string of the molecule is CC(C)CCNc1cc(N)nc(-c2ccccc2)n1. The number of nitrogen functional groups attached to an aromatic ring is 1. The zero-order valence-corrected chi connectivity index (χ0v) is 11.4. The summed E-state index contributed by atoms with van der Waals surface area (Å²) in [5.74, 6) is 2.60. The Hall–Kier alpha value is -2.10. The van der Waals surface area contributed by atoms with E-state index < -0.39 is 0 Å². The predicted molar refractivity (Wildman–Crippen MR) is 79.8 cm³/mol. The van der Waals surface area contributed by atoms with Crippen LogP contribution in [-0.2, 0) is 0 Å². The van der Waals surface area contributed by atoms with Crippen molar-refractivity contribution in [1.82, 2.24) is 9.97 Å². The monoisotopic (exact) mass is 256 g/mol. The van der Waals surface area contributed by atoms with Gasteiger partial charge in [-0.25, -0.2) is 9.97 Å². The molecule has 0 unspecified atom stereocenters. The summed E-state index contributed by atoms with van der Waals surface area (Å²) < 4.78 is 0. The van der Waals surface area contributed by atoms with E-state index in [1.165, 1.54) is 0 Å². The topological polar surface area (TPSA) is 63.8 Å². The van der Waals surface area contributed by atoms with Crippen molar-refractivity contribution in [1.29, 1.82) is 0 Å². The minimum absolute atomic E-state index is 0.487. The molecule has 0 aliphatic heterocycles. The van der Waals surface area contributed by atoms with Gasteiger partial charge in [-0.1, -0.05) is 44.2 Å². The third-order valence-electron chi connectivity index (χ3n) is 2.81. The Morgan fingerprint density at radius 1 is 1.16 bits per heavy atom. The molecule has 0 fully saturated rings. The van der Waals surface area contributed by atoms with Crippen molar-refractivity contribution < 1.29 is 0 Å². The molecule has 0 saturated heterocycles. The highest BCUT2D eigenvalue weighted by Crippen LogP contribution is 2.18. The summed E-state index contributed by atoms with van der Waals surface area (Å²) in [7, 11) is 0. The number of nitrogens with one attached hydrogen (secondary N) is 1. The Morgan fingerprint density at radius 3 is 2.58 bits per heavy atom. The maximum atomic E-state index is 5.84. The molecular formula is C15H20N4. The van der Waals surface area contributed by atoms with Gasteiger partial charge in [-0.05, 0) is 12.3 Å². The van der Waals surface area contributed by atoms with Crippen LogP contribution in [0.4, 0.5) is 11.6 Å². The Kier molecular flexibility index (Phi) is 4.34. The summed E-state index contributed by atoms with van der Waals surface area (Å²) >= 11 is 0. The molecule has 0 aliphatic carbocycles. The zero-order chi connectivity index (χ0) is 13.7. The van der Waals surface area contributed by atoms with E-state index in [2.05, 4.69) is 29.1 Å². The van der Waals surface area contributed by atoms with Crippen molar-refractivity contribution in [3.63, 3.8) is 0 Å². The molecule has 100 valence electrons. The van der Waals surface area contributed by atoms with E-state index in [1.807, 2.05) is 30.3 Å². The van der Waals surface area contributed by atoms with Crippen molar-refractivity contribution in [2.24, 2.45) is 5.92 Å². The average molecular weight is 256 g/mol. The maximum Gasteiger partial charge on any atom is 0.163 e. The first-order valence-electron chi connectivity index (χ1n) is 6.59. The average Bonchev–Trinajstić information content (AvgIpc) is 2.39. The highest BCUT2D eigenvalue weighted by molar-refractivity contribution is 5.60. The summed E-state index contributed by atoms with van der Waals surface area (Å²) in [6.45, 7) is 5.29. The fourth-order valence-corrected chi connectivity index (χ4v) is 1.76. The molecule has 0 atom stereocenters. The number of nitrogens with two attached hydrogens (primary N) is 1. The van der Waals surface area contributed by atoms with Crippen LogP contribution in [0.1, 0.15) is 20.3 Å². The van der Waals surface area contributed by atoms with Gasteiger partial charge in [0.05, 0.1) is 0 Å². The van der Waals surface area contributed by atoms with Gasteiger partial charge in [-0.15, -0.1) is 0 Å².